The van der Waals surface area contributed by atoms with Gasteiger partial charge in [-0.2, -0.15) is 0 Å². The normalized spacial score (nSPS) is 9.12. The van der Waals surface area contributed by atoms with Crippen LogP contribution in [0, 0.1) is 0 Å². The molecule has 2 aromatic rings. The Morgan fingerprint density at radius 3 is 1.94 bits per heavy atom. The topological polar surface area (TPSA) is 42.9 Å². The van der Waals surface area contributed by atoms with E-state index in [9.17, 15) is 4.79 Å². The van der Waals surface area contributed by atoms with Crippen LogP contribution in [-0.2, 0) is 0 Å². The molecule has 0 radical (unpaired) electrons. The Labute approximate surface area is 102 Å². The Bertz CT molecular complexity index is 463. The summed E-state index contributed by atoms with van der Waals surface area (Å²) in [4.78, 5) is 19.0. The minimum absolute atomic E-state index is 0.116. The van der Waals surface area contributed by atoms with Gasteiger partial charge in [-0.3, -0.25) is 4.79 Å². The Morgan fingerprint density at radius 2 is 1.47 bits per heavy atom. The maximum absolute atomic E-state index is 11.0. The summed E-state index contributed by atoms with van der Waals surface area (Å²) in [6.45, 7) is 5.46. The molecule has 0 bridgehead atoms. The van der Waals surface area contributed by atoms with Crippen molar-refractivity contribution in [3.63, 3.8) is 0 Å². The minimum atomic E-state index is -0.116. The number of benzene rings is 1. The van der Waals surface area contributed by atoms with Gasteiger partial charge in [-0.05, 0) is 5.56 Å². The molecule has 0 saturated carbocycles. The number of aromatic nitrogens is 2. The van der Waals surface area contributed by atoms with Gasteiger partial charge in [0.2, 0.25) is 0 Å². The van der Waals surface area contributed by atoms with Gasteiger partial charge in [0.05, 0.1) is 0 Å². The first-order chi connectivity index (χ1) is 8.27. The molecule has 0 N–H and O–H groups in total. The van der Waals surface area contributed by atoms with Crippen LogP contribution in [0.25, 0.3) is 11.1 Å². The molecule has 1 aromatic carbocycles. The standard InChI is InChI=1S/C12H10N2O.C2H6/c1-9(15)12-13-7-11(8-14-12)10-5-3-2-4-6-10;1-2/h2-8H,1H3;1-2H3. The lowest BCUT2D eigenvalue weighted by Gasteiger charge is -2.00. The summed E-state index contributed by atoms with van der Waals surface area (Å²) in [7, 11) is 0. The number of hydrogen-bond donors (Lipinski definition) is 0. The largest absolute Gasteiger partial charge is 0.291 e. The molecule has 3 nitrogen and oxygen atoms in total. The average molecular weight is 228 g/mol. The first-order valence-corrected chi connectivity index (χ1v) is 5.66. The van der Waals surface area contributed by atoms with Crippen LogP contribution < -0.4 is 0 Å². The van der Waals surface area contributed by atoms with E-state index >= 15 is 0 Å². The molecule has 1 aromatic heterocycles. The van der Waals surface area contributed by atoms with E-state index in [0.29, 0.717) is 0 Å². The second-order valence-corrected chi connectivity index (χ2v) is 3.22. The highest BCUT2D eigenvalue weighted by Crippen LogP contribution is 2.16. The zero-order chi connectivity index (χ0) is 12.7. The van der Waals surface area contributed by atoms with Gasteiger partial charge in [0.1, 0.15) is 0 Å². The molecular formula is C14H16N2O. The summed E-state index contributed by atoms with van der Waals surface area (Å²) in [5, 5.41) is 0. The van der Waals surface area contributed by atoms with Crippen molar-refractivity contribution < 1.29 is 4.79 Å². The molecule has 88 valence electrons. The molecule has 0 aliphatic rings. The van der Waals surface area contributed by atoms with Crippen molar-refractivity contribution in [3.05, 3.63) is 48.5 Å². The van der Waals surface area contributed by atoms with E-state index in [1.807, 2.05) is 44.2 Å². The molecule has 3 heteroatoms. The van der Waals surface area contributed by atoms with Crippen LogP contribution in [0.2, 0.25) is 0 Å². The number of nitrogens with zero attached hydrogens (tertiary/aromatic N) is 2. The fourth-order valence-electron chi connectivity index (χ4n) is 1.29. The minimum Gasteiger partial charge on any atom is -0.291 e. The molecule has 0 spiro atoms. The lowest BCUT2D eigenvalue weighted by molar-refractivity contribution is 0.100. The Morgan fingerprint density at radius 1 is 0.941 bits per heavy atom. The first kappa shape index (κ1) is 13.0. The van der Waals surface area contributed by atoms with Crippen LogP contribution in [0.1, 0.15) is 31.4 Å². The Balaban J connectivity index is 0.000000686. The van der Waals surface area contributed by atoms with Gasteiger partial charge in [0, 0.05) is 24.9 Å². The van der Waals surface area contributed by atoms with E-state index in [1.54, 1.807) is 12.4 Å². The summed E-state index contributed by atoms with van der Waals surface area (Å²) in [5.41, 5.74) is 1.97. The quantitative estimate of drug-likeness (QED) is 0.740. The van der Waals surface area contributed by atoms with Crippen molar-refractivity contribution in [2.45, 2.75) is 20.8 Å². The number of hydrogen-bond acceptors (Lipinski definition) is 3. The van der Waals surface area contributed by atoms with E-state index in [1.165, 1.54) is 6.92 Å². The fraction of sp³-hybridized carbons (Fsp3) is 0.214. The van der Waals surface area contributed by atoms with Crippen molar-refractivity contribution in [2.24, 2.45) is 0 Å². The second kappa shape index (κ2) is 6.53. The van der Waals surface area contributed by atoms with Crippen LogP contribution in [0.3, 0.4) is 0 Å². The molecule has 0 unspecified atom stereocenters. The van der Waals surface area contributed by atoms with Crippen molar-refractivity contribution in [3.8, 4) is 11.1 Å². The van der Waals surface area contributed by atoms with Crippen LogP contribution in [0.15, 0.2) is 42.7 Å². The fourth-order valence-corrected chi connectivity index (χ4v) is 1.29. The predicted octanol–water partition coefficient (Wildman–Crippen LogP) is 3.37. The number of Topliss-reactive ketones (excluding diaryl/α,β-unsaturated/α-hetero) is 1. The molecule has 0 atom stereocenters. The van der Waals surface area contributed by atoms with Crippen molar-refractivity contribution >= 4 is 5.78 Å². The maximum Gasteiger partial charge on any atom is 0.196 e. The lowest BCUT2D eigenvalue weighted by Crippen LogP contribution is -1.99. The van der Waals surface area contributed by atoms with Gasteiger partial charge in [-0.15, -0.1) is 0 Å². The van der Waals surface area contributed by atoms with Crippen LogP contribution in [0.4, 0.5) is 0 Å². The van der Waals surface area contributed by atoms with Gasteiger partial charge < -0.3 is 0 Å². The molecule has 0 fully saturated rings. The lowest BCUT2D eigenvalue weighted by atomic mass is 10.1. The summed E-state index contributed by atoms with van der Waals surface area (Å²) in [6, 6.07) is 9.81. The number of rotatable bonds is 2. The van der Waals surface area contributed by atoms with Crippen molar-refractivity contribution in [1.29, 1.82) is 0 Å². The van der Waals surface area contributed by atoms with E-state index in [4.69, 9.17) is 0 Å². The van der Waals surface area contributed by atoms with Crippen molar-refractivity contribution in [2.75, 3.05) is 0 Å². The zero-order valence-electron chi connectivity index (χ0n) is 10.3. The second-order valence-electron chi connectivity index (χ2n) is 3.22. The van der Waals surface area contributed by atoms with Crippen LogP contribution >= 0.6 is 0 Å². The van der Waals surface area contributed by atoms with Gasteiger partial charge in [-0.25, -0.2) is 9.97 Å². The highest BCUT2D eigenvalue weighted by molar-refractivity contribution is 5.90. The number of ketones is 1. The highest BCUT2D eigenvalue weighted by atomic mass is 16.1. The SMILES string of the molecule is CC.CC(=O)c1ncc(-c2ccccc2)cn1. The first-order valence-electron chi connectivity index (χ1n) is 5.66. The Hall–Kier alpha value is -2.03. The molecule has 0 saturated heterocycles. The summed E-state index contributed by atoms with van der Waals surface area (Å²) >= 11 is 0. The predicted molar refractivity (Wildman–Crippen MR) is 68.8 cm³/mol. The monoisotopic (exact) mass is 228 g/mol. The van der Waals surface area contributed by atoms with Gasteiger partial charge in [0.25, 0.3) is 0 Å². The number of carbonyl (C=O) groups excluding carboxylic acids is 1. The summed E-state index contributed by atoms with van der Waals surface area (Å²) < 4.78 is 0. The Kier molecular flexibility index (Phi) is 5.01. The van der Waals surface area contributed by atoms with E-state index in [0.717, 1.165) is 11.1 Å². The van der Waals surface area contributed by atoms with E-state index in [2.05, 4.69) is 9.97 Å². The molecule has 2 rings (SSSR count). The van der Waals surface area contributed by atoms with Crippen LogP contribution in [0.5, 0.6) is 0 Å². The van der Waals surface area contributed by atoms with Gasteiger partial charge in [0.15, 0.2) is 11.6 Å². The highest BCUT2D eigenvalue weighted by Gasteiger charge is 2.03. The van der Waals surface area contributed by atoms with E-state index < -0.39 is 0 Å². The molecule has 0 aliphatic carbocycles. The average Bonchev–Trinajstić information content (AvgIpc) is 2.42. The molecule has 1 heterocycles. The zero-order valence-corrected chi connectivity index (χ0v) is 10.3. The van der Waals surface area contributed by atoms with Crippen LogP contribution in [-0.4, -0.2) is 15.8 Å². The molecule has 17 heavy (non-hydrogen) atoms. The third-order valence-corrected chi connectivity index (χ3v) is 2.07. The summed E-state index contributed by atoms with van der Waals surface area (Å²) in [5.74, 6) is 0.143. The van der Waals surface area contributed by atoms with Gasteiger partial charge in [-0.1, -0.05) is 44.2 Å². The molecule has 0 aliphatic heterocycles. The molecular weight excluding hydrogens is 212 g/mol. The number of carbonyl (C=O) groups is 1. The van der Waals surface area contributed by atoms with E-state index in [-0.39, 0.29) is 11.6 Å². The smallest absolute Gasteiger partial charge is 0.196 e. The molecule has 0 amide bonds. The third kappa shape index (κ3) is 3.48. The summed E-state index contributed by atoms with van der Waals surface area (Å²) in [6.07, 6.45) is 3.33. The van der Waals surface area contributed by atoms with Gasteiger partial charge >= 0.3 is 0 Å². The third-order valence-electron chi connectivity index (χ3n) is 2.07. The maximum atomic E-state index is 11.0. The van der Waals surface area contributed by atoms with Crippen molar-refractivity contribution in [1.82, 2.24) is 9.97 Å².